The van der Waals surface area contributed by atoms with E-state index in [1.54, 1.807) is 7.11 Å². The molecule has 1 atom stereocenters. The quantitative estimate of drug-likeness (QED) is 0.305. The molecule has 1 spiro atoms. The van der Waals surface area contributed by atoms with Crippen molar-refractivity contribution in [2.45, 2.75) is 108 Å². The van der Waals surface area contributed by atoms with Crippen molar-refractivity contribution in [2.24, 2.45) is 0 Å². The Bertz CT molecular complexity index is 980. The van der Waals surface area contributed by atoms with Gasteiger partial charge in [-0.25, -0.2) is 0 Å². The van der Waals surface area contributed by atoms with Crippen LogP contribution in [0.1, 0.15) is 101 Å². The molecule has 39 heavy (non-hydrogen) atoms. The molecule has 3 aliphatic rings. The number of unbranched alkanes of at least 4 members (excludes halogenated alkanes) is 2. The topological polar surface area (TPSA) is 99.2 Å². The Morgan fingerprint density at radius 3 is 2.33 bits per heavy atom. The van der Waals surface area contributed by atoms with Gasteiger partial charge in [0, 0.05) is 38.0 Å². The van der Waals surface area contributed by atoms with Crippen molar-refractivity contribution in [2.75, 3.05) is 33.3 Å². The minimum absolute atomic E-state index is 0.0208. The Morgan fingerprint density at radius 1 is 1.00 bits per heavy atom. The number of carbonyl (C=O) groups excluding carboxylic acids is 3. The number of aliphatic hydroxyl groups is 1. The molecule has 0 aromatic heterocycles. The maximum absolute atomic E-state index is 13.7. The van der Waals surface area contributed by atoms with Gasteiger partial charge in [-0.3, -0.25) is 14.4 Å². The Kier molecular flexibility index (Phi) is 10.0. The maximum atomic E-state index is 13.7. The van der Waals surface area contributed by atoms with Crippen LogP contribution in [0.25, 0.3) is 0 Å². The lowest BCUT2D eigenvalue weighted by Gasteiger charge is -2.52. The third kappa shape index (κ3) is 7.01. The normalized spacial score (nSPS) is 23.1. The van der Waals surface area contributed by atoms with Gasteiger partial charge in [-0.15, -0.1) is 0 Å². The number of ketones is 1. The predicted octanol–water partition coefficient (Wildman–Crippen LogP) is 4.10. The second kappa shape index (κ2) is 13.3. The van der Waals surface area contributed by atoms with Crippen molar-refractivity contribution >= 4 is 17.6 Å². The Morgan fingerprint density at radius 2 is 1.69 bits per heavy atom. The number of hydrogen-bond acceptors (Lipinski definition) is 6. The highest BCUT2D eigenvalue weighted by atomic mass is 16.5. The molecular formula is C31H47N3O5. The van der Waals surface area contributed by atoms with E-state index in [1.807, 2.05) is 29.2 Å². The van der Waals surface area contributed by atoms with E-state index < -0.39 is 17.2 Å². The van der Waals surface area contributed by atoms with Gasteiger partial charge < -0.3 is 25.0 Å². The standard InChI is InChI=1S/C31H47N3O5/c1-3-4-20-34-28(36)26(23-30(38)15-7-5-8-16-30)32-29(37)31(34)17-21-33(22-18-31)19-9-6-10-27(35)24-11-13-25(39-2)14-12-24/h11-14,26,38H,3-10,15-23H2,1-2H3,(H,32,37)/t26-/m1/s1. The largest absolute Gasteiger partial charge is 0.497 e. The Balaban J connectivity index is 1.29. The van der Waals surface area contributed by atoms with Gasteiger partial charge >= 0.3 is 0 Å². The fourth-order valence-corrected chi connectivity index (χ4v) is 6.63. The van der Waals surface area contributed by atoms with E-state index in [9.17, 15) is 19.5 Å². The van der Waals surface area contributed by atoms with Gasteiger partial charge in [0.15, 0.2) is 5.78 Å². The molecule has 1 saturated carbocycles. The monoisotopic (exact) mass is 541 g/mol. The van der Waals surface area contributed by atoms with Crippen molar-refractivity contribution in [3.63, 3.8) is 0 Å². The van der Waals surface area contributed by atoms with Crippen LogP contribution in [-0.4, -0.2) is 83.0 Å². The van der Waals surface area contributed by atoms with Crippen LogP contribution in [-0.2, 0) is 9.59 Å². The van der Waals surface area contributed by atoms with Crippen LogP contribution in [0.2, 0.25) is 0 Å². The highest BCUT2D eigenvalue weighted by Gasteiger charge is 2.54. The average molecular weight is 542 g/mol. The van der Waals surface area contributed by atoms with Crippen LogP contribution in [0.5, 0.6) is 5.75 Å². The van der Waals surface area contributed by atoms with Crippen LogP contribution in [0.15, 0.2) is 24.3 Å². The number of nitrogens with one attached hydrogen (secondary N) is 1. The van der Waals surface area contributed by atoms with Crippen LogP contribution in [0.4, 0.5) is 0 Å². The number of benzene rings is 1. The molecule has 2 N–H and O–H groups in total. The Labute approximate surface area is 233 Å². The number of piperidine rings is 1. The van der Waals surface area contributed by atoms with Gasteiger partial charge in [0.05, 0.1) is 12.7 Å². The summed E-state index contributed by atoms with van der Waals surface area (Å²) in [6.07, 6.45) is 10.1. The minimum atomic E-state index is -0.856. The van der Waals surface area contributed by atoms with Gasteiger partial charge in [-0.05, 0) is 75.8 Å². The summed E-state index contributed by atoms with van der Waals surface area (Å²) in [7, 11) is 1.61. The zero-order chi connectivity index (χ0) is 27.9. The second-order valence-corrected chi connectivity index (χ2v) is 11.8. The molecule has 0 bridgehead atoms. The number of rotatable bonds is 12. The summed E-state index contributed by atoms with van der Waals surface area (Å²) in [6, 6.07) is 6.61. The number of Topliss-reactive ketones (excluding diaryl/α,β-unsaturated/α-hetero) is 1. The summed E-state index contributed by atoms with van der Waals surface area (Å²) in [4.78, 5) is 44.1. The van der Waals surface area contributed by atoms with E-state index in [1.165, 1.54) is 0 Å². The number of amides is 2. The van der Waals surface area contributed by atoms with Crippen molar-refractivity contribution in [3.8, 4) is 5.75 Å². The van der Waals surface area contributed by atoms with Crippen molar-refractivity contribution in [3.05, 3.63) is 29.8 Å². The maximum Gasteiger partial charge on any atom is 0.246 e. The molecule has 3 fully saturated rings. The van der Waals surface area contributed by atoms with Gasteiger partial charge in [-0.1, -0.05) is 32.6 Å². The fourth-order valence-electron chi connectivity index (χ4n) is 6.63. The number of piperazine rings is 1. The summed E-state index contributed by atoms with van der Waals surface area (Å²) in [5, 5.41) is 14.1. The lowest BCUT2D eigenvalue weighted by molar-refractivity contribution is -0.163. The van der Waals surface area contributed by atoms with Gasteiger partial charge in [0.25, 0.3) is 0 Å². The number of ether oxygens (including phenoxy) is 1. The summed E-state index contributed by atoms with van der Waals surface area (Å²) in [5.41, 5.74) is -0.936. The first-order chi connectivity index (χ1) is 18.8. The Hall–Kier alpha value is -2.45. The van der Waals surface area contributed by atoms with E-state index in [2.05, 4.69) is 17.1 Å². The van der Waals surface area contributed by atoms with E-state index in [0.717, 1.165) is 70.3 Å². The van der Waals surface area contributed by atoms with Crippen molar-refractivity contribution < 1.29 is 24.2 Å². The molecule has 2 heterocycles. The first-order valence-corrected chi connectivity index (χ1v) is 15.0. The summed E-state index contributed by atoms with van der Waals surface area (Å²) in [6.45, 7) is 5.08. The molecule has 1 aromatic carbocycles. The van der Waals surface area contributed by atoms with Crippen molar-refractivity contribution in [1.82, 2.24) is 15.1 Å². The second-order valence-electron chi connectivity index (χ2n) is 11.8. The minimum Gasteiger partial charge on any atom is -0.497 e. The zero-order valence-corrected chi connectivity index (χ0v) is 23.9. The van der Waals surface area contributed by atoms with Crippen molar-refractivity contribution in [1.29, 1.82) is 0 Å². The highest BCUT2D eigenvalue weighted by molar-refractivity contribution is 6.00. The molecule has 1 aromatic rings. The molecule has 0 radical (unpaired) electrons. The molecule has 0 unspecified atom stereocenters. The van der Waals surface area contributed by atoms with Crippen LogP contribution >= 0.6 is 0 Å². The molecule has 1 aliphatic carbocycles. The number of methoxy groups -OCH3 is 1. The predicted molar refractivity (Wildman–Crippen MR) is 151 cm³/mol. The number of carbonyl (C=O) groups is 3. The zero-order valence-electron chi connectivity index (χ0n) is 23.9. The van der Waals surface area contributed by atoms with Crippen LogP contribution in [0, 0.1) is 0 Å². The fraction of sp³-hybridized carbons (Fsp3) is 0.710. The molecule has 8 nitrogen and oxygen atoms in total. The summed E-state index contributed by atoms with van der Waals surface area (Å²) >= 11 is 0. The molecule has 2 aliphatic heterocycles. The van der Waals surface area contributed by atoms with Crippen LogP contribution in [0.3, 0.4) is 0 Å². The van der Waals surface area contributed by atoms with E-state index in [-0.39, 0.29) is 17.6 Å². The molecule has 2 amide bonds. The third-order valence-corrected chi connectivity index (χ3v) is 9.14. The lowest BCUT2D eigenvalue weighted by atomic mass is 9.77. The van der Waals surface area contributed by atoms with E-state index in [4.69, 9.17) is 4.74 Å². The molecular weight excluding hydrogens is 494 g/mol. The molecule has 8 heteroatoms. The smallest absolute Gasteiger partial charge is 0.246 e. The highest BCUT2D eigenvalue weighted by Crippen LogP contribution is 2.37. The summed E-state index contributed by atoms with van der Waals surface area (Å²) < 4.78 is 5.16. The van der Waals surface area contributed by atoms with Crippen LogP contribution < -0.4 is 10.1 Å². The number of hydrogen-bond donors (Lipinski definition) is 2. The van der Waals surface area contributed by atoms with E-state index >= 15 is 0 Å². The molecule has 216 valence electrons. The van der Waals surface area contributed by atoms with Gasteiger partial charge in [-0.2, -0.15) is 0 Å². The van der Waals surface area contributed by atoms with Gasteiger partial charge in [0.2, 0.25) is 11.8 Å². The van der Waals surface area contributed by atoms with E-state index in [0.29, 0.717) is 50.6 Å². The summed E-state index contributed by atoms with van der Waals surface area (Å²) in [5.74, 6) is 0.819. The number of nitrogens with zero attached hydrogens (tertiary/aromatic N) is 2. The number of likely N-dealkylation sites (tertiary alicyclic amines) is 1. The van der Waals surface area contributed by atoms with Gasteiger partial charge in [0.1, 0.15) is 17.3 Å². The lowest BCUT2D eigenvalue weighted by Crippen LogP contribution is -2.73. The average Bonchev–Trinajstić information content (AvgIpc) is 2.95. The third-order valence-electron chi connectivity index (χ3n) is 9.14. The molecule has 4 rings (SSSR count). The first-order valence-electron chi connectivity index (χ1n) is 15.0. The SMILES string of the molecule is CCCCN1C(=O)[C@@H](CC2(O)CCCCC2)NC(=O)C12CCN(CCCCC(=O)c1ccc(OC)cc1)CC2. The molecule has 2 saturated heterocycles. The first kappa shape index (κ1) is 29.5.